The van der Waals surface area contributed by atoms with Crippen LogP contribution in [0, 0.1) is 0 Å². The van der Waals surface area contributed by atoms with E-state index in [9.17, 15) is 43.8 Å². The number of aromatic amines is 2. The molecule has 0 saturated carbocycles. The number of amides is 5. The molecule has 57 heavy (non-hydrogen) atoms. The van der Waals surface area contributed by atoms with Crippen LogP contribution in [0.1, 0.15) is 37.6 Å². The van der Waals surface area contributed by atoms with E-state index >= 15 is 0 Å². The Morgan fingerprint density at radius 2 is 1.63 bits per heavy atom. The fraction of sp³-hybridized carbons (Fsp3) is 0.395. The van der Waals surface area contributed by atoms with Gasteiger partial charge in [-0.15, -0.1) is 0 Å². The van der Waals surface area contributed by atoms with Gasteiger partial charge in [0.2, 0.25) is 17.7 Å². The number of aliphatic carboxylic acids is 1. The number of aromatic nitrogens is 3. The maximum Gasteiger partial charge on any atom is 0.330 e. The first-order valence-corrected chi connectivity index (χ1v) is 18.3. The molecule has 2 aromatic heterocycles. The fourth-order valence-corrected chi connectivity index (χ4v) is 6.61. The first-order chi connectivity index (χ1) is 27.1. The number of likely N-dealkylation sites (N-methyl/N-ethyl adjacent to an activating group) is 1. The van der Waals surface area contributed by atoms with Crippen molar-refractivity contribution in [1.82, 2.24) is 40.7 Å². The molecule has 3 heterocycles. The highest BCUT2D eigenvalue weighted by atomic mass is 16.5. The first kappa shape index (κ1) is 41.8. The number of aliphatic hydroxyl groups excluding tert-OH is 1. The number of nitrogens with one attached hydrogen (secondary N) is 6. The molecule has 1 unspecified atom stereocenters. The molecule has 1 fully saturated rings. The SMILES string of the molecule is C[C@H](N)C(=O)N(C)[C@@H](C)[C@H](NC(=O)[C@H](Cc1ccccc1)NC(=O)N[C@@H](Cc1c[nH]c2ccccc12)C(=O)O)C(=O)NC[C@H]1CC(O)[C@H](n2ccc(=O)[nH]c2=O)O1. The monoisotopic (exact) mass is 789 g/mol. The van der Waals surface area contributed by atoms with Gasteiger partial charge in [0.05, 0.1) is 18.2 Å². The maximum atomic E-state index is 14.1. The van der Waals surface area contributed by atoms with E-state index < -0.39 is 89.6 Å². The van der Waals surface area contributed by atoms with Crippen molar-refractivity contribution in [1.29, 1.82) is 0 Å². The summed E-state index contributed by atoms with van der Waals surface area (Å²) >= 11 is 0. The number of benzene rings is 2. The van der Waals surface area contributed by atoms with Crippen LogP contribution in [0.3, 0.4) is 0 Å². The number of ether oxygens (including phenoxy) is 1. The third-order valence-electron chi connectivity index (χ3n) is 9.81. The number of nitrogens with two attached hydrogens (primary N) is 1. The Morgan fingerprint density at radius 3 is 2.32 bits per heavy atom. The zero-order chi connectivity index (χ0) is 41.4. The van der Waals surface area contributed by atoms with Gasteiger partial charge in [0.25, 0.3) is 5.56 Å². The summed E-state index contributed by atoms with van der Waals surface area (Å²) in [6, 6.07) is 10.1. The van der Waals surface area contributed by atoms with Crippen LogP contribution in [0.15, 0.2) is 82.6 Å². The molecule has 10 N–H and O–H groups in total. The van der Waals surface area contributed by atoms with Crippen molar-refractivity contribution >= 4 is 40.6 Å². The highest BCUT2D eigenvalue weighted by Gasteiger charge is 2.38. The average molecular weight is 790 g/mol. The number of hydrogen-bond acceptors (Lipinski definition) is 10. The third-order valence-corrected chi connectivity index (χ3v) is 9.81. The van der Waals surface area contributed by atoms with Gasteiger partial charge < -0.3 is 51.8 Å². The van der Waals surface area contributed by atoms with E-state index in [2.05, 4.69) is 31.2 Å². The minimum absolute atomic E-state index is 0.00198. The van der Waals surface area contributed by atoms with Crippen LogP contribution >= 0.6 is 0 Å². The molecule has 5 rings (SSSR count). The molecule has 4 aromatic rings. The standard InChI is InChI=1S/C38H47N9O10/c1-20(39)34(52)46(3)21(2)31(33(51)41-19-24-17-29(48)35(57-24)47-14-13-30(49)44-38(47)56)45-32(50)27(15-22-9-5-4-6-10-22)42-37(55)43-28(36(53)54)16-23-18-40-26-12-8-7-11-25(23)26/h4-14,18,20-21,24,27-29,31,35,40,48H,15-17,19,39H2,1-3H3,(H,41,51)(H,45,50)(H,53,54)(H2,42,43,55)(H,44,49,56)/t20-,21-,24+,27-,28-,29?,31-,35+/m0/s1. The van der Waals surface area contributed by atoms with Gasteiger partial charge >= 0.3 is 17.7 Å². The van der Waals surface area contributed by atoms with E-state index in [0.717, 1.165) is 21.5 Å². The molecular weight excluding hydrogens is 742 g/mol. The smallest absolute Gasteiger partial charge is 0.330 e. The minimum Gasteiger partial charge on any atom is -0.480 e. The van der Waals surface area contributed by atoms with E-state index in [-0.39, 0.29) is 25.8 Å². The van der Waals surface area contributed by atoms with Crippen LogP contribution in [0.2, 0.25) is 0 Å². The number of hydrogen-bond donors (Lipinski definition) is 9. The van der Waals surface area contributed by atoms with Crippen LogP contribution in [0.4, 0.5) is 4.79 Å². The van der Waals surface area contributed by atoms with E-state index in [4.69, 9.17) is 10.5 Å². The number of urea groups is 1. The predicted octanol–water partition coefficient (Wildman–Crippen LogP) is -0.932. The number of carboxylic acids is 1. The number of carboxylic acid groups (broad SMARTS) is 1. The minimum atomic E-state index is -1.43. The maximum absolute atomic E-state index is 14.1. The van der Waals surface area contributed by atoms with Gasteiger partial charge in [-0.3, -0.25) is 28.7 Å². The van der Waals surface area contributed by atoms with Crippen LogP contribution in [-0.2, 0) is 36.8 Å². The number of carbonyl (C=O) groups is 5. The summed E-state index contributed by atoms with van der Waals surface area (Å²) in [5, 5.41) is 31.8. The lowest BCUT2D eigenvalue weighted by Gasteiger charge is -2.34. The number of rotatable bonds is 16. The molecule has 19 heteroatoms. The topological polar surface area (TPSA) is 283 Å². The van der Waals surface area contributed by atoms with Crippen molar-refractivity contribution < 1.29 is 38.9 Å². The lowest BCUT2D eigenvalue weighted by Crippen LogP contribution is -2.63. The van der Waals surface area contributed by atoms with Gasteiger partial charge in [0, 0.05) is 62.2 Å². The van der Waals surface area contributed by atoms with Crippen molar-refractivity contribution in [3.05, 3.63) is 105 Å². The van der Waals surface area contributed by atoms with Crippen LogP contribution in [-0.4, -0.2) is 115 Å². The molecule has 2 aromatic carbocycles. The molecule has 0 aliphatic carbocycles. The summed E-state index contributed by atoms with van der Waals surface area (Å²) in [7, 11) is 1.42. The van der Waals surface area contributed by atoms with E-state index in [1.165, 1.54) is 32.0 Å². The van der Waals surface area contributed by atoms with Gasteiger partial charge in [0.1, 0.15) is 24.2 Å². The van der Waals surface area contributed by atoms with Gasteiger partial charge in [-0.2, -0.15) is 0 Å². The van der Waals surface area contributed by atoms with Crippen molar-refractivity contribution in [2.75, 3.05) is 13.6 Å². The van der Waals surface area contributed by atoms with Gasteiger partial charge in [-0.25, -0.2) is 14.4 Å². The summed E-state index contributed by atoms with van der Waals surface area (Å²) in [6.07, 6.45) is -0.396. The molecule has 1 aliphatic rings. The molecule has 0 radical (unpaired) electrons. The molecule has 0 bridgehead atoms. The Bertz CT molecular complexity index is 2190. The molecule has 8 atom stereocenters. The third kappa shape index (κ3) is 10.5. The second-order valence-corrected chi connectivity index (χ2v) is 14.0. The van der Waals surface area contributed by atoms with Gasteiger partial charge in [-0.1, -0.05) is 48.5 Å². The Morgan fingerprint density at radius 1 is 0.947 bits per heavy atom. The first-order valence-electron chi connectivity index (χ1n) is 18.3. The van der Waals surface area contributed by atoms with Crippen molar-refractivity contribution in [2.24, 2.45) is 5.73 Å². The Hall–Kier alpha value is -6.31. The number of H-pyrrole nitrogens is 2. The van der Waals surface area contributed by atoms with Crippen molar-refractivity contribution in [2.45, 2.75) is 81.8 Å². The number of aliphatic hydroxyl groups is 1. The molecule has 19 nitrogen and oxygen atoms in total. The van der Waals surface area contributed by atoms with Crippen LogP contribution in [0.5, 0.6) is 0 Å². The predicted molar refractivity (Wildman–Crippen MR) is 206 cm³/mol. The summed E-state index contributed by atoms with van der Waals surface area (Å²) in [5.74, 6) is -3.41. The normalized spacial score (nSPS) is 19.1. The lowest BCUT2D eigenvalue weighted by molar-refractivity contribution is -0.139. The number of nitrogens with zero attached hydrogens (tertiary/aromatic N) is 2. The summed E-state index contributed by atoms with van der Waals surface area (Å²) in [5.41, 5.74) is 6.51. The second kappa shape index (κ2) is 18.5. The average Bonchev–Trinajstić information content (AvgIpc) is 3.77. The highest BCUT2D eigenvalue weighted by Crippen LogP contribution is 2.27. The Kier molecular flexibility index (Phi) is 13.6. The van der Waals surface area contributed by atoms with Crippen LogP contribution in [0.25, 0.3) is 10.9 Å². The largest absolute Gasteiger partial charge is 0.480 e. The molecule has 304 valence electrons. The Balaban J connectivity index is 1.33. The molecule has 0 spiro atoms. The number of para-hydroxylation sites is 1. The van der Waals surface area contributed by atoms with E-state index in [1.807, 2.05) is 24.3 Å². The quantitative estimate of drug-likeness (QED) is 0.0669. The lowest BCUT2D eigenvalue weighted by atomic mass is 10.0. The van der Waals surface area contributed by atoms with Crippen molar-refractivity contribution in [3.8, 4) is 0 Å². The summed E-state index contributed by atoms with van der Waals surface area (Å²) < 4.78 is 6.85. The molecule has 5 amide bonds. The van der Waals surface area contributed by atoms with E-state index in [0.29, 0.717) is 11.1 Å². The molecular formula is C38H47N9O10. The van der Waals surface area contributed by atoms with E-state index in [1.54, 1.807) is 36.5 Å². The summed E-state index contributed by atoms with van der Waals surface area (Å²) in [6.45, 7) is 2.80. The summed E-state index contributed by atoms with van der Waals surface area (Å²) in [4.78, 5) is 96.9. The zero-order valence-corrected chi connectivity index (χ0v) is 31.5. The number of fused-ring (bicyclic) bond motifs is 1. The molecule has 1 aliphatic heterocycles. The second-order valence-electron chi connectivity index (χ2n) is 14.0. The molecule has 1 saturated heterocycles. The zero-order valence-electron chi connectivity index (χ0n) is 31.5. The fourth-order valence-electron chi connectivity index (χ4n) is 6.61. The van der Waals surface area contributed by atoms with Gasteiger partial charge in [-0.05, 0) is 31.0 Å². The van der Waals surface area contributed by atoms with Crippen LogP contribution < -0.4 is 38.2 Å². The number of carbonyl (C=O) groups excluding carboxylic acids is 4. The Labute approximate surface area is 326 Å². The van der Waals surface area contributed by atoms with Gasteiger partial charge in [0.15, 0.2) is 6.23 Å². The highest BCUT2D eigenvalue weighted by molar-refractivity contribution is 5.94. The van der Waals surface area contributed by atoms with Crippen molar-refractivity contribution in [3.63, 3.8) is 0 Å².